The molecule has 22 heavy (non-hydrogen) atoms. The van der Waals surface area contributed by atoms with Gasteiger partial charge in [0, 0.05) is 32.8 Å². The maximum atomic E-state index is 5.59. The summed E-state index contributed by atoms with van der Waals surface area (Å²) in [7, 11) is 0. The molecule has 130 valence electrons. The average Bonchev–Trinajstić information content (AvgIpc) is 2.94. The summed E-state index contributed by atoms with van der Waals surface area (Å²) < 4.78 is 5.59. The van der Waals surface area contributed by atoms with E-state index in [4.69, 9.17) is 9.73 Å². The van der Waals surface area contributed by atoms with Crippen molar-refractivity contribution in [2.45, 2.75) is 66.2 Å². The largest absolute Gasteiger partial charge is 0.382 e. The van der Waals surface area contributed by atoms with Gasteiger partial charge in [-0.05, 0) is 50.9 Å². The first kappa shape index (κ1) is 19.3. The minimum Gasteiger partial charge on any atom is -0.382 e. The Morgan fingerprint density at radius 2 is 1.91 bits per heavy atom. The van der Waals surface area contributed by atoms with Crippen LogP contribution in [0.3, 0.4) is 0 Å². The van der Waals surface area contributed by atoms with Crippen molar-refractivity contribution in [3.8, 4) is 0 Å². The Morgan fingerprint density at radius 1 is 1.18 bits per heavy atom. The molecular weight excluding hydrogens is 274 g/mol. The molecule has 0 bridgehead atoms. The molecule has 1 saturated carbocycles. The van der Waals surface area contributed by atoms with Crippen LogP contribution in [0.1, 0.15) is 66.2 Å². The first-order valence-corrected chi connectivity index (χ1v) is 9.22. The molecule has 0 aromatic rings. The van der Waals surface area contributed by atoms with E-state index in [1.165, 1.54) is 32.1 Å². The summed E-state index contributed by atoms with van der Waals surface area (Å²) in [6, 6.07) is 0. The van der Waals surface area contributed by atoms with Gasteiger partial charge in [-0.25, -0.2) is 0 Å². The predicted molar refractivity (Wildman–Crippen MR) is 95.4 cm³/mol. The summed E-state index contributed by atoms with van der Waals surface area (Å²) in [4.78, 5) is 4.88. The second kappa shape index (κ2) is 10.9. The molecular formula is C18H37N3O. The highest BCUT2D eigenvalue weighted by molar-refractivity contribution is 5.79. The van der Waals surface area contributed by atoms with Crippen LogP contribution < -0.4 is 10.6 Å². The first-order valence-electron chi connectivity index (χ1n) is 9.22. The number of hydrogen-bond donors (Lipinski definition) is 2. The van der Waals surface area contributed by atoms with E-state index in [-0.39, 0.29) is 0 Å². The van der Waals surface area contributed by atoms with Crippen molar-refractivity contribution in [2.75, 3.05) is 32.8 Å². The second-order valence-corrected chi connectivity index (χ2v) is 6.96. The summed E-state index contributed by atoms with van der Waals surface area (Å²) in [5.41, 5.74) is 0.371. The molecule has 0 aromatic heterocycles. The lowest BCUT2D eigenvalue weighted by Gasteiger charge is -2.27. The smallest absolute Gasteiger partial charge is 0.191 e. The SMILES string of the molecule is CCNC(=NCC1(CCOCC)CCCC1)NCCC(C)C. The molecule has 0 atom stereocenters. The lowest BCUT2D eigenvalue weighted by Crippen LogP contribution is -2.39. The third kappa shape index (κ3) is 7.48. The summed E-state index contributed by atoms with van der Waals surface area (Å²) in [6.07, 6.45) is 7.62. The molecule has 0 saturated heterocycles. The van der Waals surface area contributed by atoms with Crippen LogP contribution in [-0.2, 0) is 4.74 Å². The van der Waals surface area contributed by atoms with E-state index < -0.39 is 0 Å². The molecule has 0 unspecified atom stereocenters. The molecule has 4 heteroatoms. The van der Waals surface area contributed by atoms with E-state index in [1.807, 2.05) is 0 Å². The molecule has 0 radical (unpaired) electrons. The fourth-order valence-corrected chi connectivity index (χ4v) is 3.11. The van der Waals surface area contributed by atoms with Crippen LogP contribution in [0.15, 0.2) is 4.99 Å². The maximum absolute atomic E-state index is 5.59. The van der Waals surface area contributed by atoms with Gasteiger partial charge < -0.3 is 15.4 Å². The van der Waals surface area contributed by atoms with Gasteiger partial charge in [-0.1, -0.05) is 26.7 Å². The second-order valence-electron chi connectivity index (χ2n) is 6.96. The quantitative estimate of drug-likeness (QED) is 0.368. The van der Waals surface area contributed by atoms with E-state index in [1.54, 1.807) is 0 Å². The fourth-order valence-electron chi connectivity index (χ4n) is 3.11. The lowest BCUT2D eigenvalue weighted by molar-refractivity contribution is 0.107. The number of aliphatic imine (C=N–C) groups is 1. The van der Waals surface area contributed by atoms with Crippen LogP contribution in [0.5, 0.6) is 0 Å². The standard InChI is InChI=1S/C18H37N3O/c1-5-19-17(20-13-9-16(3)4)21-15-18(10-7-8-11-18)12-14-22-6-2/h16H,5-15H2,1-4H3,(H2,19,20,21). The van der Waals surface area contributed by atoms with Gasteiger partial charge in [-0.2, -0.15) is 0 Å². The molecule has 0 amide bonds. The lowest BCUT2D eigenvalue weighted by atomic mass is 9.83. The summed E-state index contributed by atoms with van der Waals surface area (Å²) in [5, 5.41) is 6.84. The number of guanidine groups is 1. The fraction of sp³-hybridized carbons (Fsp3) is 0.944. The van der Waals surface area contributed by atoms with Crippen molar-refractivity contribution < 1.29 is 4.74 Å². The summed E-state index contributed by atoms with van der Waals surface area (Å²) in [5.74, 6) is 1.70. The molecule has 2 N–H and O–H groups in total. The number of rotatable bonds is 10. The Labute approximate surface area is 137 Å². The molecule has 0 aliphatic heterocycles. The van der Waals surface area contributed by atoms with Crippen molar-refractivity contribution in [1.82, 2.24) is 10.6 Å². The number of hydrogen-bond acceptors (Lipinski definition) is 2. The minimum atomic E-state index is 0.371. The van der Waals surface area contributed by atoms with Crippen molar-refractivity contribution in [3.05, 3.63) is 0 Å². The van der Waals surface area contributed by atoms with Gasteiger partial charge in [-0.15, -0.1) is 0 Å². The Morgan fingerprint density at radius 3 is 2.50 bits per heavy atom. The highest BCUT2D eigenvalue weighted by Gasteiger charge is 2.33. The molecule has 4 nitrogen and oxygen atoms in total. The van der Waals surface area contributed by atoms with Crippen molar-refractivity contribution >= 4 is 5.96 Å². The van der Waals surface area contributed by atoms with Crippen LogP contribution in [0.2, 0.25) is 0 Å². The Hall–Kier alpha value is -0.770. The molecule has 0 spiro atoms. The average molecular weight is 312 g/mol. The van der Waals surface area contributed by atoms with Gasteiger partial charge >= 0.3 is 0 Å². The van der Waals surface area contributed by atoms with Crippen LogP contribution in [0.4, 0.5) is 0 Å². The highest BCUT2D eigenvalue weighted by atomic mass is 16.5. The molecule has 1 aliphatic rings. The number of ether oxygens (including phenoxy) is 1. The van der Waals surface area contributed by atoms with Crippen LogP contribution in [0.25, 0.3) is 0 Å². The van der Waals surface area contributed by atoms with E-state index in [2.05, 4.69) is 38.3 Å². The topological polar surface area (TPSA) is 45.7 Å². The predicted octanol–water partition coefficient (Wildman–Crippen LogP) is 3.57. The van der Waals surface area contributed by atoms with Gasteiger partial charge in [0.2, 0.25) is 0 Å². The van der Waals surface area contributed by atoms with Gasteiger partial charge in [0.05, 0.1) is 0 Å². The van der Waals surface area contributed by atoms with Crippen molar-refractivity contribution in [3.63, 3.8) is 0 Å². The third-order valence-electron chi connectivity index (χ3n) is 4.58. The third-order valence-corrected chi connectivity index (χ3v) is 4.58. The van der Waals surface area contributed by atoms with Crippen molar-refractivity contribution in [1.29, 1.82) is 0 Å². The Bertz CT molecular complexity index is 309. The Balaban J connectivity index is 2.52. The first-order chi connectivity index (χ1) is 10.6. The van der Waals surface area contributed by atoms with Gasteiger partial charge in [0.1, 0.15) is 0 Å². The van der Waals surface area contributed by atoms with E-state index in [9.17, 15) is 0 Å². The van der Waals surface area contributed by atoms with E-state index >= 15 is 0 Å². The monoisotopic (exact) mass is 311 g/mol. The molecule has 1 rings (SSSR count). The van der Waals surface area contributed by atoms with Gasteiger partial charge in [0.15, 0.2) is 5.96 Å². The number of nitrogens with one attached hydrogen (secondary N) is 2. The molecule has 1 fully saturated rings. The van der Waals surface area contributed by atoms with Crippen LogP contribution in [0, 0.1) is 11.3 Å². The van der Waals surface area contributed by atoms with Crippen LogP contribution in [-0.4, -0.2) is 38.8 Å². The van der Waals surface area contributed by atoms with Crippen LogP contribution >= 0.6 is 0 Å². The Kier molecular flexibility index (Phi) is 9.53. The molecule has 0 aromatic carbocycles. The molecule has 1 aliphatic carbocycles. The zero-order valence-electron chi connectivity index (χ0n) is 15.2. The summed E-state index contributed by atoms with van der Waals surface area (Å²) in [6.45, 7) is 13.2. The minimum absolute atomic E-state index is 0.371. The summed E-state index contributed by atoms with van der Waals surface area (Å²) >= 11 is 0. The van der Waals surface area contributed by atoms with Crippen molar-refractivity contribution in [2.24, 2.45) is 16.3 Å². The van der Waals surface area contributed by atoms with E-state index in [0.29, 0.717) is 5.41 Å². The zero-order chi connectivity index (χ0) is 16.3. The zero-order valence-corrected chi connectivity index (χ0v) is 15.2. The normalized spacial score (nSPS) is 18.0. The highest BCUT2D eigenvalue weighted by Crippen LogP contribution is 2.41. The molecule has 0 heterocycles. The maximum Gasteiger partial charge on any atom is 0.191 e. The van der Waals surface area contributed by atoms with E-state index in [0.717, 1.165) is 51.1 Å². The van der Waals surface area contributed by atoms with Gasteiger partial charge in [-0.3, -0.25) is 4.99 Å². The number of nitrogens with zero attached hydrogens (tertiary/aromatic N) is 1. The van der Waals surface area contributed by atoms with Gasteiger partial charge in [0.25, 0.3) is 0 Å².